The molecule has 2 saturated carbocycles. The van der Waals surface area contributed by atoms with Gasteiger partial charge < -0.3 is 0 Å². The van der Waals surface area contributed by atoms with E-state index in [0.717, 1.165) is 17.8 Å². The average Bonchev–Trinajstić information content (AvgIpc) is 2.40. The zero-order valence-electron chi connectivity index (χ0n) is 11.5. The van der Waals surface area contributed by atoms with Crippen molar-refractivity contribution in [3.63, 3.8) is 0 Å². The maximum atomic E-state index is 4.21. The first-order valence-corrected chi connectivity index (χ1v) is 7.79. The summed E-state index contributed by atoms with van der Waals surface area (Å²) in [4.78, 5) is 4.21. The van der Waals surface area contributed by atoms with Crippen molar-refractivity contribution >= 4 is 6.72 Å². The molecule has 0 amide bonds. The molecule has 0 aromatic carbocycles. The Kier molecular flexibility index (Phi) is 5.06. The van der Waals surface area contributed by atoms with E-state index in [4.69, 9.17) is 0 Å². The lowest BCUT2D eigenvalue weighted by Gasteiger charge is -2.37. The smallest absolute Gasteiger partial charge is 0.0492 e. The molecule has 0 aromatic heterocycles. The molecule has 0 radical (unpaired) electrons. The van der Waals surface area contributed by atoms with Crippen molar-refractivity contribution < 1.29 is 0 Å². The van der Waals surface area contributed by atoms with E-state index >= 15 is 0 Å². The third-order valence-electron chi connectivity index (χ3n) is 5.25. The van der Waals surface area contributed by atoms with Crippen molar-refractivity contribution in [3.05, 3.63) is 0 Å². The van der Waals surface area contributed by atoms with Crippen LogP contribution >= 0.6 is 0 Å². The molecule has 1 nitrogen and oxygen atoms in total. The molecule has 0 atom stereocenters. The highest BCUT2D eigenvalue weighted by molar-refractivity contribution is 5.24. The molecule has 2 fully saturated rings. The molecule has 0 bridgehead atoms. The minimum Gasteiger partial charge on any atom is -0.298 e. The molecule has 0 unspecified atom stereocenters. The van der Waals surface area contributed by atoms with E-state index in [1.807, 2.05) is 0 Å². The van der Waals surface area contributed by atoms with Crippen LogP contribution in [0.3, 0.4) is 0 Å². The second kappa shape index (κ2) is 6.56. The molecule has 2 aliphatic rings. The van der Waals surface area contributed by atoms with Crippen molar-refractivity contribution in [2.75, 3.05) is 0 Å². The summed E-state index contributed by atoms with van der Waals surface area (Å²) in [5.41, 5.74) is 0. The van der Waals surface area contributed by atoms with Crippen molar-refractivity contribution in [2.24, 2.45) is 22.7 Å². The zero-order chi connectivity index (χ0) is 12.1. The predicted molar refractivity (Wildman–Crippen MR) is 75.7 cm³/mol. The van der Waals surface area contributed by atoms with Gasteiger partial charge in [0, 0.05) is 6.04 Å². The van der Waals surface area contributed by atoms with Gasteiger partial charge in [-0.2, -0.15) is 0 Å². The van der Waals surface area contributed by atoms with Gasteiger partial charge in [0.2, 0.25) is 0 Å². The Morgan fingerprint density at radius 2 is 1.41 bits per heavy atom. The van der Waals surface area contributed by atoms with Crippen LogP contribution in [0, 0.1) is 17.8 Å². The summed E-state index contributed by atoms with van der Waals surface area (Å²) >= 11 is 0. The summed E-state index contributed by atoms with van der Waals surface area (Å²) in [7, 11) is 0. The van der Waals surface area contributed by atoms with E-state index in [2.05, 4.69) is 18.6 Å². The fourth-order valence-electron chi connectivity index (χ4n) is 4.11. The van der Waals surface area contributed by atoms with Crippen molar-refractivity contribution in [1.29, 1.82) is 0 Å². The highest BCUT2D eigenvalue weighted by atomic mass is 14.7. The van der Waals surface area contributed by atoms with Gasteiger partial charge >= 0.3 is 0 Å². The molecule has 0 heterocycles. The highest BCUT2D eigenvalue weighted by Gasteiger charge is 2.30. The SMILES string of the molecule is C=NC1CCC(C2CCC(CCC)CC2)CC1. The van der Waals surface area contributed by atoms with Gasteiger partial charge in [0.15, 0.2) is 0 Å². The van der Waals surface area contributed by atoms with Crippen LogP contribution in [-0.2, 0) is 0 Å². The maximum Gasteiger partial charge on any atom is 0.0492 e. The predicted octanol–water partition coefficient (Wildman–Crippen LogP) is 4.85. The molecule has 0 aromatic rings. The lowest BCUT2D eigenvalue weighted by atomic mass is 9.70. The molecule has 0 spiro atoms. The summed E-state index contributed by atoms with van der Waals surface area (Å²) in [6, 6.07) is 0.586. The second-order valence-electron chi connectivity index (χ2n) is 6.32. The molecule has 98 valence electrons. The Morgan fingerprint density at radius 1 is 0.882 bits per heavy atom. The molecular weight excluding hydrogens is 206 g/mol. The van der Waals surface area contributed by atoms with E-state index in [-0.39, 0.29) is 0 Å². The first-order valence-electron chi connectivity index (χ1n) is 7.79. The molecule has 2 rings (SSSR count). The summed E-state index contributed by atoms with van der Waals surface area (Å²) in [6.07, 6.45) is 14.4. The standard InChI is InChI=1S/C16H29N/c1-3-4-13-5-7-14(8-6-13)15-9-11-16(17-2)12-10-15/h13-16H,2-12H2,1H3. The summed E-state index contributed by atoms with van der Waals surface area (Å²) < 4.78 is 0. The van der Waals surface area contributed by atoms with E-state index in [0.29, 0.717) is 6.04 Å². The van der Waals surface area contributed by atoms with E-state index in [1.165, 1.54) is 64.2 Å². The average molecular weight is 235 g/mol. The number of rotatable bonds is 4. The van der Waals surface area contributed by atoms with Crippen LogP contribution in [0.15, 0.2) is 4.99 Å². The van der Waals surface area contributed by atoms with Crippen molar-refractivity contribution in [1.82, 2.24) is 0 Å². The number of hydrogen-bond acceptors (Lipinski definition) is 1. The van der Waals surface area contributed by atoms with Gasteiger partial charge in [0.05, 0.1) is 0 Å². The van der Waals surface area contributed by atoms with Gasteiger partial charge in [-0.25, -0.2) is 0 Å². The Balaban J connectivity index is 1.72. The van der Waals surface area contributed by atoms with Gasteiger partial charge in [0.1, 0.15) is 0 Å². The van der Waals surface area contributed by atoms with Gasteiger partial charge in [0.25, 0.3) is 0 Å². The first-order chi connectivity index (χ1) is 8.33. The van der Waals surface area contributed by atoms with Crippen LogP contribution in [0.25, 0.3) is 0 Å². The summed E-state index contributed by atoms with van der Waals surface area (Å²) in [6.45, 7) is 6.03. The van der Waals surface area contributed by atoms with Gasteiger partial charge in [-0.05, 0) is 63.0 Å². The Hall–Kier alpha value is -0.330. The Morgan fingerprint density at radius 3 is 1.88 bits per heavy atom. The van der Waals surface area contributed by atoms with Crippen LogP contribution in [0.2, 0.25) is 0 Å². The van der Waals surface area contributed by atoms with Gasteiger partial charge in [-0.3, -0.25) is 4.99 Å². The fraction of sp³-hybridized carbons (Fsp3) is 0.938. The van der Waals surface area contributed by atoms with Crippen LogP contribution in [0.1, 0.15) is 71.1 Å². The first kappa shape index (κ1) is 13.1. The minimum absolute atomic E-state index is 0.586. The second-order valence-corrected chi connectivity index (χ2v) is 6.32. The van der Waals surface area contributed by atoms with E-state index < -0.39 is 0 Å². The van der Waals surface area contributed by atoms with Gasteiger partial charge in [-0.15, -0.1) is 0 Å². The molecule has 0 N–H and O–H groups in total. The van der Waals surface area contributed by atoms with Crippen LogP contribution in [0.5, 0.6) is 0 Å². The van der Waals surface area contributed by atoms with Crippen LogP contribution in [0.4, 0.5) is 0 Å². The lowest BCUT2D eigenvalue weighted by molar-refractivity contribution is 0.157. The van der Waals surface area contributed by atoms with Crippen molar-refractivity contribution in [2.45, 2.75) is 77.2 Å². The summed E-state index contributed by atoms with van der Waals surface area (Å²) in [5.74, 6) is 3.13. The largest absolute Gasteiger partial charge is 0.298 e. The van der Waals surface area contributed by atoms with Crippen LogP contribution < -0.4 is 0 Å². The van der Waals surface area contributed by atoms with Gasteiger partial charge in [-0.1, -0.05) is 32.6 Å². The number of aliphatic imine (C=N–C) groups is 1. The normalized spacial score (nSPS) is 38.9. The van der Waals surface area contributed by atoms with Crippen LogP contribution in [-0.4, -0.2) is 12.8 Å². The van der Waals surface area contributed by atoms with E-state index in [9.17, 15) is 0 Å². The monoisotopic (exact) mass is 235 g/mol. The maximum absolute atomic E-state index is 4.21. The third kappa shape index (κ3) is 3.56. The lowest BCUT2D eigenvalue weighted by Crippen LogP contribution is -2.26. The molecule has 2 aliphatic carbocycles. The Labute approximate surface area is 107 Å². The highest BCUT2D eigenvalue weighted by Crippen LogP contribution is 2.41. The minimum atomic E-state index is 0.586. The van der Waals surface area contributed by atoms with E-state index in [1.54, 1.807) is 0 Å². The molecule has 1 heteroatoms. The number of hydrogen-bond donors (Lipinski definition) is 0. The Bertz CT molecular complexity index is 220. The topological polar surface area (TPSA) is 12.4 Å². The zero-order valence-corrected chi connectivity index (χ0v) is 11.5. The number of nitrogens with zero attached hydrogens (tertiary/aromatic N) is 1. The molecule has 0 aliphatic heterocycles. The fourth-order valence-corrected chi connectivity index (χ4v) is 4.11. The molecule has 17 heavy (non-hydrogen) atoms. The summed E-state index contributed by atoms with van der Waals surface area (Å²) in [5, 5.41) is 0. The molecular formula is C16H29N. The quantitative estimate of drug-likeness (QED) is 0.618. The third-order valence-corrected chi connectivity index (χ3v) is 5.25. The van der Waals surface area contributed by atoms with Crippen molar-refractivity contribution in [3.8, 4) is 0 Å². The molecule has 0 saturated heterocycles.